The van der Waals surface area contributed by atoms with E-state index in [-0.39, 0.29) is 17.2 Å². The van der Waals surface area contributed by atoms with E-state index in [4.69, 9.17) is 9.73 Å². The van der Waals surface area contributed by atoms with Gasteiger partial charge in [0, 0.05) is 59.9 Å². The van der Waals surface area contributed by atoms with Crippen molar-refractivity contribution in [3.63, 3.8) is 0 Å². The summed E-state index contributed by atoms with van der Waals surface area (Å²) in [5, 5.41) is 3.41. The number of guanidine groups is 1. The van der Waals surface area contributed by atoms with Gasteiger partial charge < -0.3 is 24.8 Å². The molecule has 2 saturated heterocycles. The molecule has 0 radical (unpaired) electrons. The molecule has 3 aliphatic rings. The molecular weight excluding hydrogens is 396 g/mol. The minimum absolute atomic E-state index is 0.197. The third kappa shape index (κ3) is 6.10. The number of hydrogen-bond acceptors (Lipinski definition) is 5. The van der Waals surface area contributed by atoms with E-state index in [1.54, 1.807) is 4.90 Å². The number of rotatable bonds is 6. The fraction of sp³-hybridized carbons (Fsp3) is 0.864. The topological polar surface area (TPSA) is 80.7 Å². The maximum atomic E-state index is 12.9. The van der Waals surface area contributed by atoms with Gasteiger partial charge >= 0.3 is 0 Å². The number of carbonyl (C=O) groups excluding carboxylic acids is 2. The molecule has 3 rings (SSSR count). The maximum Gasteiger partial charge on any atom is 0.236 e. The number of hydrogen-bond donors (Lipinski definition) is 1. The van der Waals surface area contributed by atoms with Crippen LogP contribution in [0.2, 0.25) is 0 Å². The van der Waals surface area contributed by atoms with Crippen molar-refractivity contribution in [2.24, 2.45) is 10.4 Å². The van der Waals surface area contributed by atoms with Gasteiger partial charge in [-0.3, -0.25) is 19.5 Å². The normalized spacial score (nSPS) is 22.5. The van der Waals surface area contributed by atoms with Gasteiger partial charge in [0.05, 0.1) is 31.7 Å². The third-order valence-electron chi connectivity index (χ3n) is 6.68. The highest BCUT2D eigenvalue weighted by molar-refractivity contribution is 5.84. The van der Waals surface area contributed by atoms with E-state index < -0.39 is 0 Å². The highest BCUT2D eigenvalue weighted by Crippen LogP contribution is 2.39. The number of nitrogens with one attached hydrogen (secondary N) is 1. The van der Waals surface area contributed by atoms with Crippen LogP contribution in [0.15, 0.2) is 4.99 Å². The van der Waals surface area contributed by atoms with E-state index in [9.17, 15) is 9.59 Å². The summed E-state index contributed by atoms with van der Waals surface area (Å²) in [5.41, 5.74) is -0.351. The third-order valence-corrected chi connectivity index (χ3v) is 6.68. The molecule has 0 bridgehead atoms. The van der Waals surface area contributed by atoms with E-state index >= 15 is 0 Å². The Morgan fingerprint density at radius 1 is 1.00 bits per heavy atom. The van der Waals surface area contributed by atoms with Crippen LogP contribution in [-0.4, -0.2) is 124 Å². The number of carbonyl (C=O) groups is 2. The fourth-order valence-electron chi connectivity index (χ4n) is 4.84. The minimum atomic E-state index is -0.351. The lowest BCUT2D eigenvalue weighted by Crippen LogP contribution is -2.55. The Kier molecular flexibility index (Phi) is 8.54. The van der Waals surface area contributed by atoms with Crippen molar-refractivity contribution in [1.29, 1.82) is 0 Å². The molecule has 1 N–H and O–H groups in total. The van der Waals surface area contributed by atoms with Crippen molar-refractivity contribution in [2.45, 2.75) is 32.6 Å². The molecule has 0 unspecified atom stereocenters. The van der Waals surface area contributed by atoms with Gasteiger partial charge in [0.1, 0.15) is 0 Å². The summed E-state index contributed by atoms with van der Waals surface area (Å²) in [7, 11) is 3.68. The second kappa shape index (κ2) is 11.1. The molecule has 0 aromatic heterocycles. The number of ether oxygens (including phenoxy) is 1. The van der Waals surface area contributed by atoms with Gasteiger partial charge in [-0.15, -0.1) is 0 Å². The van der Waals surface area contributed by atoms with Gasteiger partial charge in [-0.2, -0.15) is 0 Å². The van der Waals surface area contributed by atoms with E-state index in [1.165, 1.54) is 0 Å². The molecule has 9 nitrogen and oxygen atoms in total. The number of piperazine rings is 1. The second-order valence-corrected chi connectivity index (χ2v) is 9.11. The molecule has 0 atom stereocenters. The molecule has 0 spiro atoms. The summed E-state index contributed by atoms with van der Waals surface area (Å²) in [4.78, 5) is 38.4. The summed E-state index contributed by atoms with van der Waals surface area (Å²) in [6.07, 6.45) is 4.04. The van der Waals surface area contributed by atoms with Gasteiger partial charge in [0.2, 0.25) is 11.8 Å². The van der Waals surface area contributed by atoms with Crippen LogP contribution in [0, 0.1) is 5.41 Å². The first-order valence-electron chi connectivity index (χ1n) is 11.8. The van der Waals surface area contributed by atoms with E-state index in [0.29, 0.717) is 39.4 Å². The van der Waals surface area contributed by atoms with Crippen molar-refractivity contribution in [3.05, 3.63) is 0 Å². The number of morpholine rings is 1. The molecule has 3 fully saturated rings. The number of amides is 2. The first kappa shape index (κ1) is 23.8. The van der Waals surface area contributed by atoms with Crippen LogP contribution in [0.3, 0.4) is 0 Å². The molecular formula is C22H40N6O3. The Morgan fingerprint density at radius 2 is 1.65 bits per heavy atom. The molecule has 9 heteroatoms. The van der Waals surface area contributed by atoms with Gasteiger partial charge in [0.25, 0.3) is 0 Å². The molecule has 1 saturated carbocycles. The molecule has 2 aliphatic heterocycles. The average Bonchev–Trinajstić information content (AvgIpc) is 3.27. The summed E-state index contributed by atoms with van der Waals surface area (Å²) >= 11 is 0. The van der Waals surface area contributed by atoms with Crippen LogP contribution < -0.4 is 5.32 Å². The van der Waals surface area contributed by atoms with Crippen LogP contribution in [0.1, 0.15) is 32.6 Å². The van der Waals surface area contributed by atoms with Gasteiger partial charge in [-0.05, 0) is 19.8 Å². The highest BCUT2D eigenvalue weighted by atomic mass is 16.5. The van der Waals surface area contributed by atoms with Gasteiger partial charge in [0.15, 0.2) is 5.96 Å². The largest absolute Gasteiger partial charge is 0.378 e. The van der Waals surface area contributed by atoms with Crippen LogP contribution in [0.5, 0.6) is 0 Å². The van der Waals surface area contributed by atoms with Crippen LogP contribution in [-0.2, 0) is 14.3 Å². The van der Waals surface area contributed by atoms with Crippen molar-refractivity contribution in [2.75, 3.05) is 86.2 Å². The first-order chi connectivity index (χ1) is 14.9. The fourth-order valence-corrected chi connectivity index (χ4v) is 4.84. The van der Waals surface area contributed by atoms with Crippen LogP contribution >= 0.6 is 0 Å². The Balaban J connectivity index is 1.55. The quantitative estimate of drug-likeness (QED) is 0.469. The minimum Gasteiger partial charge on any atom is -0.378 e. The SMILES string of the molecule is CCNC(=NCC1(C(=O)N(C)C)CCCC1)N1CCN(CC(=O)N2CCOCC2)CC1. The standard InChI is InChI=1S/C22H40N6O3/c1-4-23-21(24-18-22(7-5-6-8-22)20(30)25(2)3)28-11-9-26(10-12-28)17-19(29)27-13-15-31-16-14-27/h4-18H2,1-3H3,(H,23,24). The van der Waals surface area contributed by atoms with E-state index in [2.05, 4.69) is 22.0 Å². The summed E-state index contributed by atoms with van der Waals surface area (Å²) in [6, 6.07) is 0. The van der Waals surface area contributed by atoms with Crippen molar-refractivity contribution in [3.8, 4) is 0 Å². The Hall–Kier alpha value is -1.87. The predicted molar refractivity (Wildman–Crippen MR) is 121 cm³/mol. The lowest BCUT2D eigenvalue weighted by atomic mass is 9.85. The molecule has 1 aliphatic carbocycles. The van der Waals surface area contributed by atoms with Crippen LogP contribution in [0.4, 0.5) is 0 Å². The highest BCUT2D eigenvalue weighted by Gasteiger charge is 2.42. The first-order valence-corrected chi connectivity index (χ1v) is 11.8. The van der Waals surface area contributed by atoms with E-state index in [0.717, 1.165) is 64.4 Å². The molecule has 0 aromatic rings. The Morgan fingerprint density at radius 3 is 2.23 bits per heavy atom. The molecule has 2 heterocycles. The lowest BCUT2D eigenvalue weighted by molar-refractivity contribution is -0.138. The summed E-state index contributed by atoms with van der Waals surface area (Å²) in [5.74, 6) is 1.29. The summed E-state index contributed by atoms with van der Waals surface area (Å²) < 4.78 is 5.34. The summed E-state index contributed by atoms with van der Waals surface area (Å²) in [6.45, 7) is 9.89. The molecule has 0 aromatic carbocycles. The van der Waals surface area contributed by atoms with Gasteiger partial charge in [-0.25, -0.2) is 0 Å². The van der Waals surface area contributed by atoms with Gasteiger partial charge in [-0.1, -0.05) is 12.8 Å². The zero-order valence-corrected chi connectivity index (χ0v) is 19.6. The Labute approximate surface area is 186 Å². The van der Waals surface area contributed by atoms with Crippen molar-refractivity contribution < 1.29 is 14.3 Å². The molecule has 176 valence electrons. The molecule has 31 heavy (non-hydrogen) atoms. The maximum absolute atomic E-state index is 12.9. The number of nitrogens with zero attached hydrogens (tertiary/aromatic N) is 5. The molecule has 2 amide bonds. The zero-order valence-electron chi connectivity index (χ0n) is 19.6. The number of aliphatic imine (C=N–C) groups is 1. The smallest absolute Gasteiger partial charge is 0.236 e. The predicted octanol–water partition coefficient (Wildman–Crippen LogP) is 0.0769. The van der Waals surface area contributed by atoms with Crippen LogP contribution in [0.25, 0.3) is 0 Å². The van der Waals surface area contributed by atoms with Crippen molar-refractivity contribution >= 4 is 17.8 Å². The average molecular weight is 437 g/mol. The second-order valence-electron chi connectivity index (χ2n) is 9.11. The Bertz CT molecular complexity index is 633. The monoisotopic (exact) mass is 436 g/mol. The van der Waals surface area contributed by atoms with Crippen molar-refractivity contribution in [1.82, 2.24) is 24.9 Å². The van der Waals surface area contributed by atoms with E-state index in [1.807, 2.05) is 19.0 Å². The zero-order chi connectivity index (χ0) is 22.3. The lowest BCUT2D eigenvalue weighted by Gasteiger charge is -2.38.